The van der Waals surface area contributed by atoms with Crippen LogP contribution < -0.4 is 4.72 Å². The standard InChI is InChI=1S/C12H17NO6S/c1-3-19-7-8(2)13-20(17,18)9-4-5-11(14)10(6-9)12(15)16/h4-6,8,13-14H,3,7H2,1-2H3,(H,15,16). The Morgan fingerprint density at radius 2 is 2.10 bits per heavy atom. The number of sulfonamides is 1. The number of aromatic hydroxyl groups is 1. The smallest absolute Gasteiger partial charge is 0.339 e. The second kappa shape index (κ2) is 6.69. The van der Waals surface area contributed by atoms with Crippen molar-refractivity contribution >= 4 is 16.0 Å². The summed E-state index contributed by atoms with van der Waals surface area (Å²) >= 11 is 0. The first-order valence-electron chi connectivity index (χ1n) is 5.94. The lowest BCUT2D eigenvalue weighted by atomic mass is 10.2. The summed E-state index contributed by atoms with van der Waals surface area (Å²) in [5, 5.41) is 18.2. The van der Waals surface area contributed by atoms with Crippen LogP contribution in [0.2, 0.25) is 0 Å². The molecular weight excluding hydrogens is 286 g/mol. The number of ether oxygens (including phenoxy) is 1. The molecule has 0 aromatic heterocycles. The summed E-state index contributed by atoms with van der Waals surface area (Å²) < 4.78 is 31.6. The van der Waals surface area contributed by atoms with E-state index in [2.05, 4.69) is 4.72 Å². The zero-order chi connectivity index (χ0) is 15.3. The van der Waals surface area contributed by atoms with E-state index in [1.165, 1.54) is 0 Å². The number of aromatic carboxylic acids is 1. The average molecular weight is 303 g/mol. The Labute approximate surface area is 117 Å². The molecule has 1 aromatic carbocycles. The minimum absolute atomic E-state index is 0.208. The van der Waals surface area contributed by atoms with Gasteiger partial charge in [-0.15, -0.1) is 0 Å². The van der Waals surface area contributed by atoms with Gasteiger partial charge in [0.15, 0.2) is 0 Å². The van der Waals surface area contributed by atoms with Crippen LogP contribution in [0.25, 0.3) is 0 Å². The van der Waals surface area contributed by atoms with Gasteiger partial charge in [-0.1, -0.05) is 0 Å². The Morgan fingerprint density at radius 1 is 1.45 bits per heavy atom. The highest BCUT2D eigenvalue weighted by Gasteiger charge is 2.20. The first-order chi connectivity index (χ1) is 9.27. The van der Waals surface area contributed by atoms with E-state index in [0.717, 1.165) is 18.2 Å². The van der Waals surface area contributed by atoms with E-state index in [4.69, 9.17) is 9.84 Å². The Morgan fingerprint density at radius 3 is 2.65 bits per heavy atom. The highest BCUT2D eigenvalue weighted by atomic mass is 32.2. The minimum atomic E-state index is -3.87. The van der Waals surface area contributed by atoms with Crippen molar-refractivity contribution in [3.8, 4) is 5.75 Å². The van der Waals surface area contributed by atoms with Crippen LogP contribution >= 0.6 is 0 Å². The van der Waals surface area contributed by atoms with Crippen LogP contribution in [-0.4, -0.2) is 43.9 Å². The Kier molecular flexibility index (Phi) is 5.49. The number of carbonyl (C=O) groups is 1. The number of nitrogens with one attached hydrogen (secondary N) is 1. The van der Waals surface area contributed by atoms with Crippen LogP contribution in [0.1, 0.15) is 24.2 Å². The van der Waals surface area contributed by atoms with E-state index in [0.29, 0.717) is 6.61 Å². The zero-order valence-corrected chi connectivity index (χ0v) is 12.0. The van der Waals surface area contributed by atoms with Gasteiger partial charge in [-0.25, -0.2) is 17.9 Å². The lowest BCUT2D eigenvalue weighted by Crippen LogP contribution is -2.35. The summed E-state index contributed by atoms with van der Waals surface area (Å²) in [6, 6.07) is 2.62. The minimum Gasteiger partial charge on any atom is -0.507 e. The Hall–Kier alpha value is -1.64. The van der Waals surface area contributed by atoms with Gasteiger partial charge in [-0.2, -0.15) is 0 Å². The molecule has 0 bridgehead atoms. The molecule has 3 N–H and O–H groups in total. The van der Waals surface area contributed by atoms with E-state index in [-0.39, 0.29) is 11.5 Å². The normalized spacial score (nSPS) is 13.1. The van der Waals surface area contributed by atoms with Crippen molar-refractivity contribution < 1.29 is 28.2 Å². The monoisotopic (exact) mass is 303 g/mol. The fraction of sp³-hybridized carbons (Fsp3) is 0.417. The van der Waals surface area contributed by atoms with Gasteiger partial charge in [0.25, 0.3) is 0 Å². The van der Waals surface area contributed by atoms with Crippen molar-refractivity contribution in [3.05, 3.63) is 23.8 Å². The van der Waals surface area contributed by atoms with Gasteiger partial charge in [0.1, 0.15) is 11.3 Å². The van der Waals surface area contributed by atoms with Gasteiger partial charge in [0.05, 0.1) is 11.5 Å². The third-order valence-corrected chi connectivity index (χ3v) is 4.02. The second-order valence-corrected chi connectivity index (χ2v) is 5.88. The molecule has 1 aromatic rings. The summed E-state index contributed by atoms with van der Waals surface area (Å²) in [6.07, 6.45) is 0. The predicted molar refractivity (Wildman–Crippen MR) is 71.3 cm³/mol. The number of phenols is 1. The van der Waals surface area contributed by atoms with Gasteiger partial charge >= 0.3 is 5.97 Å². The SMILES string of the molecule is CCOCC(C)NS(=O)(=O)c1ccc(O)c(C(=O)O)c1. The Balaban J connectivity index is 2.98. The highest BCUT2D eigenvalue weighted by Crippen LogP contribution is 2.21. The fourth-order valence-electron chi connectivity index (χ4n) is 1.52. The van der Waals surface area contributed by atoms with E-state index in [1.807, 2.05) is 0 Å². The molecule has 0 amide bonds. The summed E-state index contributed by atoms with van der Waals surface area (Å²) in [7, 11) is -3.87. The molecule has 1 unspecified atom stereocenters. The van der Waals surface area contributed by atoms with Gasteiger partial charge in [-0.05, 0) is 32.0 Å². The molecule has 0 radical (unpaired) electrons. The maximum absolute atomic E-state index is 12.1. The maximum atomic E-state index is 12.1. The van der Waals surface area contributed by atoms with Gasteiger partial charge in [-0.3, -0.25) is 0 Å². The van der Waals surface area contributed by atoms with Crippen molar-refractivity contribution in [2.45, 2.75) is 24.8 Å². The molecule has 7 nitrogen and oxygen atoms in total. The molecule has 0 heterocycles. The van der Waals surface area contributed by atoms with E-state index in [9.17, 15) is 18.3 Å². The van der Waals surface area contributed by atoms with E-state index >= 15 is 0 Å². The number of carboxylic acid groups (broad SMARTS) is 1. The summed E-state index contributed by atoms with van der Waals surface area (Å²) in [6.45, 7) is 4.10. The molecule has 0 spiro atoms. The third kappa shape index (κ3) is 4.19. The van der Waals surface area contributed by atoms with Crippen LogP contribution in [0.3, 0.4) is 0 Å². The van der Waals surface area contributed by atoms with E-state index in [1.54, 1.807) is 13.8 Å². The fourth-order valence-corrected chi connectivity index (χ4v) is 2.77. The summed E-state index contributed by atoms with van der Waals surface area (Å²) in [5.41, 5.74) is -0.467. The van der Waals surface area contributed by atoms with E-state index < -0.39 is 33.3 Å². The van der Waals surface area contributed by atoms with Gasteiger partial charge in [0.2, 0.25) is 10.0 Å². The molecule has 0 aliphatic rings. The largest absolute Gasteiger partial charge is 0.507 e. The number of carboxylic acids is 1. The molecule has 1 atom stereocenters. The molecule has 0 saturated heterocycles. The van der Waals surface area contributed by atoms with Crippen LogP contribution in [-0.2, 0) is 14.8 Å². The molecule has 112 valence electrons. The number of benzene rings is 1. The highest BCUT2D eigenvalue weighted by molar-refractivity contribution is 7.89. The molecule has 0 saturated carbocycles. The predicted octanol–water partition coefficient (Wildman–Crippen LogP) is 0.794. The third-order valence-electron chi connectivity index (χ3n) is 2.44. The number of hydrogen-bond acceptors (Lipinski definition) is 5. The molecular formula is C12H17NO6S. The molecule has 0 aliphatic heterocycles. The molecule has 20 heavy (non-hydrogen) atoms. The first kappa shape index (κ1) is 16.4. The van der Waals surface area contributed by atoms with Crippen molar-refractivity contribution in [2.75, 3.05) is 13.2 Å². The number of rotatable bonds is 7. The van der Waals surface area contributed by atoms with Crippen LogP contribution in [0, 0.1) is 0 Å². The zero-order valence-electron chi connectivity index (χ0n) is 11.2. The summed E-state index contributed by atoms with van der Waals surface area (Å²) in [5.74, 6) is -1.89. The van der Waals surface area contributed by atoms with Crippen LogP contribution in [0.15, 0.2) is 23.1 Å². The van der Waals surface area contributed by atoms with Crippen molar-refractivity contribution in [1.82, 2.24) is 4.72 Å². The quantitative estimate of drug-likeness (QED) is 0.686. The van der Waals surface area contributed by atoms with Crippen molar-refractivity contribution in [3.63, 3.8) is 0 Å². The summed E-state index contributed by atoms with van der Waals surface area (Å²) in [4.78, 5) is 10.6. The average Bonchev–Trinajstić information content (AvgIpc) is 2.35. The molecule has 1 rings (SSSR count). The first-order valence-corrected chi connectivity index (χ1v) is 7.42. The van der Waals surface area contributed by atoms with Gasteiger partial charge in [0, 0.05) is 12.6 Å². The molecule has 0 fully saturated rings. The van der Waals surface area contributed by atoms with Crippen molar-refractivity contribution in [2.24, 2.45) is 0 Å². The van der Waals surface area contributed by atoms with Crippen molar-refractivity contribution in [1.29, 1.82) is 0 Å². The van der Waals surface area contributed by atoms with Gasteiger partial charge < -0.3 is 14.9 Å². The topological polar surface area (TPSA) is 113 Å². The van der Waals surface area contributed by atoms with Crippen LogP contribution in [0.5, 0.6) is 5.75 Å². The lowest BCUT2D eigenvalue weighted by Gasteiger charge is -2.14. The second-order valence-electron chi connectivity index (χ2n) is 4.17. The number of hydrogen-bond donors (Lipinski definition) is 3. The maximum Gasteiger partial charge on any atom is 0.339 e. The molecule has 0 aliphatic carbocycles. The van der Waals surface area contributed by atoms with Crippen LogP contribution in [0.4, 0.5) is 0 Å². The Bertz CT molecular complexity index is 584. The molecule has 8 heteroatoms. The lowest BCUT2D eigenvalue weighted by molar-refractivity contribution is 0.0693.